The van der Waals surface area contributed by atoms with Crippen LogP contribution in [0.1, 0.15) is 38.3 Å². The van der Waals surface area contributed by atoms with Crippen LogP contribution in [-0.2, 0) is 23.1 Å². The molecule has 1 aromatic rings. The van der Waals surface area contributed by atoms with Crippen LogP contribution in [0.5, 0.6) is 0 Å². The molecule has 0 spiro atoms. The summed E-state index contributed by atoms with van der Waals surface area (Å²) >= 11 is 0. The van der Waals surface area contributed by atoms with Gasteiger partial charge in [0, 0.05) is 31.9 Å². The van der Waals surface area contributed by atoms with Gasteiger partial charge < -0.3 is 10.0 Å². The number of carboxylic acids is 1. The van der Waals surface area contributed by atoms with Gasteiger partial charge in [-0.1, -0.05) is 0 Å². The van der Waals surface area contributed by atoms with Crippen molar-refractivity contribution in [3.63, 3.8) is 0 Å². The third-order valence-corrected chi connectivity index (χ3v) is 4.17. The smallest absolute Gasteiger partial charge is 0.329 e. The molecular weight excluding hydrogens is 258 g/mol. The van der Waals surface area contributed by atoms with Gasteiger partial charge >= 0.3 is 5.97 Å². The molecule has 2 rings (SSSR count). The molecule has 0 unspecified atom stereocenters. The standard InChI is InChI=1S/C14H21N3O3/c1-14(13(19)20)8-3-4-10-17(14)12(18)6-5-11-7-9-15-16(11)2/h7,9H,3-6,8,10H2,1-2H3,(H,19,20)/t14-/m0/s1. The van der Waals surface area contributed by atoms with E-state index in [0.717, 1.165) is 18.5 Å². The van der Waals surface area contributed by atoms with Gasteiger partial charge in [0.25, 0.3) is 0 Å². The average molecular weight is 279 g/mol. The van der Waals surface area contributed by atoms with Crippen molar-refractivity contribution in [1.29, 1.82) is 0 Å². The summed E-state index contributed by atoms with van der Waals surface area (Å²) in [5, 5.41) is 13.5. The third-order valence-electron chi connectivity index (χ3n) is 4.17. The van der Waals surface area contributed by atoms with Gasteiger partial charge in [-0.05, 0) is 38.7 Å². The molecule has 0 aromatic carbocycles. The fourth-order valence-corrected chi connectivity index (χ4v) is 2.76. The van der Waals surface area contributed by atoms with Crippen LogP contribution in [-0.4, -0.2) is 43.7 Å². The van der Waals surface area contributed by atoms with Crippen LogP contribution in [0.3, 0.4) is 0 Å². The van der Waals surface area contributed by atoms with Gasteiger partial charge in [0.2, 0.25) is 5.91 Å². The highest BCUT2D eigenvalue weighted by atomic mass is 16.4. The van der Waals surface area contributed by atoms with Crippen LogP contribution in [0.25, 0.3) is 0 Å². The van der Waals surface area contributed by atoms with E-state index in [1.165, 1.54) is 4.90 Å². The van der Waals surface area contributed by atoms with E-state index < -0.39 is 11.5 Å². The highest BCUT2D eigenvalue weighted by Crippen LogP contribution is 2.29. The van der Waals surface area contributed by atoms with Crippen LogP contribution in [0.4, 0.5) is 0 Å². The molecule has 20 heavy (non-hydrogen) atoms. The Kier molecular flexibility index (Phi) is 4.11. The molecule has 2 heterocycles. The summed E-state index contributed by atoms with van der Waals surface area (Å²) in [5.74, 6) is -0.998. The van der Waals surface area contributed by atoms with E-state index in [9.17, 15) is 14.7 Å². The number of rotatable bonds is 4. The number of carboxylic acid groups (broad SMARTS) is 1. The molecule has 110 valence electrons. The summed E-state index contributed by atoms with van der Waals surface area (Å²) in [7, 11) is 1.84. The first-order chi connectivity index (χ1) is 9.45. The van der Waals surface area contributed by atoms with E-state index in [0.29, 0.717) is 25.8 Å². The number of carbonyl (C=O) groups is 2. The molecule has 1 amide bonds. The Morgan fingerprint density at radius 2 is 2.20 bits per heavy atom. The van der Waals surface area contributed by atoms with Gasteiger partial charge in [-0.2, -0.15) is 5.10 Å². The van der Waals surface area contributed by atoms with Crippen molar-refractivity contribution in [2.45, 2.75) is 44.6 Å². The number of amides is 1. The maximum Gasteiger partial charge on any atom is 0.329 e. The summed E-state index contributed by atoms with van der Waals surface area (Å²) in [6.07, 6.45) is 4.86. The van der Waals surface area contributed by atoms with Crippen molar-refractivity contribution in [1.82, 2.24) is 14.7 Å². The Morgan fingerprint density at radius 3 is 2.80 bits per heavy atom. The van der Waals surface area contributed by atoms with Crippen molar-refractivity contribution in [3.05, 3.63) is 18.0 Å². The first-order valence-electron chi connectivity index (χ1n) is 6.96. The maximum atomic E-state index is 12.4. The molecule has 6 heteroatoms. The zero-order chi connectivity index (χ0) is 14.8. The lowest BCUT2D eigenvalue weighted by Gasteiger charge is -2.41. The Morgan fingerprint density at radius 1 is 1.45 bits per heavy atom. The SMILES string of the molecule is Cn1nccc1CCC(=O)N1CCCC[C@@]1(C)C(=O)O. The lowest BCUT2D eigenvalue weighted by molar-refractivity contribution is -0.161. The number of likely N-dealkylation sites (tertiary alicyclic amines) is 1. The predicted octanol–water partition coefficient (Wildman–Crippen LogP) is 1.21. The minimum absolute atomic E-state index is 0.0872. The average Bonchev–Trinajstić information content (AvgIpc) is 2.82. The Bertz CT molecular complexity index is 512. The summed E-state index contributed by atoms with van der Waals surface area (Å²) in [6, 6.07) is 1.87. The second-order valence-corrected chi connectivity index (χ2v) is 5.53. The molecular formula is C14H21N3O3. The number of aromatic nitrogens is 2. The van der Waals surface area contributed by atoms with Crippen LogP contribution in [0.2, 0.25) is 0 Å². The largest absolute Gasteiger partial charge is 0.480 e. The zero-order valence-corrected chi connectivity index (χ0v) is 12.0. The van der Waals surface area contributed by atoms with Crippen molar-refractivity contribution < 1.29 is 14.7 Å². The quantitative estimate of drug-likeness (QED) is 0.899. The van der Waals surface area contributed by atoms with Crippen LogP contribution in [0, 0.1) is 0 Å². The topological polar surface area (TPSA) is 75.4 Å². The molecule has 0 saturated carbocycles. The molecule has 1 aliphatic heterocycles. The second-order valence-electron chi connectivity index (χ2n) is 5.53. The summed E-state index contributed by atoms with van der Waals surface area (Å²) in [6.45, 7) is 2.18. The van der Waals surface area contributed by atoms with Gasteiger partial charge in [-0.3, -0.25) is 9.48 Å². The molecule has 0 aliphatic carbocycles. The van der Waals surface area contributed by atoms with Crippen molar-refractivity contribution in [2.75, 3.05) is 6.54 Å². The maximum absolute atomic E-state index is 12.4. The monoisotopic (exact) mass is 279 g/mol. The minimum Gasteiger partial charge on any atom is -0.480 e. The van der Waals surface area contributed by atoms with Gasteiger partial charge in [0.1, 0.15) is 5.54 Å². The molecule has 1 atom stereocenters. The number of carbonyl (C=O) groups excluding carboxylic acids is 1. The Hall–Kier alpha value is -1.85. The predicted molar refractivity (Wildman–Crippen MR) is 73.1 cm³/mol. The van der Waals surface area contributed by atoms with Crippen LogP contribution in [0.15, 0.2) is 12.3 Å². The molecule has 0 radical (unpaired) electrons. The van der Waals surface area contributed by atoms with Gasteiger partial charge in [-0.25, -0.2) is 4.79 Å². The normalized spacial score (nSPS) is 22.8. The first kappa shape index (κ1) is 14.6. The van der Waals surface area contributed by atoms with E-state index in [-0.39, 0.29) is 5.91 Å². The van der Waals surface area contributed by atoms with E-state index in [2.05, 4.69) is 5.10 Å². The Labute approximate surface area is 118 Å². The van der Waals surface area contributed by atoms with E-state index in [1.807, 2.05) is 13.1 Å². The number of hydrogen-bond acceptors (Lipinski definition) is 3. The van der Waals surface area contributed by atoms with Crippen molar-refractivity contribution in [2.24, 2.45) is 7.05 Å². The summed E-state index contributed by atoms with van der Waals surface area (Å²) < 4.78 is 1.74. The van der Waals surface area contributed by atoms with Crippen molar-refractivity contribution >= 4 is 11.9 Å². The fraction of sp³-hybridized carbons (Fsp3) is 0.643. The third kappa shape index (κ3) is 2.69. The lowest BCUT2D eigenvalue weighted by atomic mass is 9.88. The van der Waals surface area contributed by atoms with Crippen molar-refractivity contribution in [3.8, 4) is 0 Å². The van der Waals surface area contributed by atoms with E-state index in [4.69, 9.17) is 0 Å². The molecule has 6 nitrogen and oxygen atoms in total. The van der Waals surface area contributed by atoms with Gasteiger partial charge in [0.05, 0.1) is 0 Å². The second kappa shape index (κ2) is 5.64. The highest BCUT2D eigenvalue weighted by Gasteiger charge is 2.43. The minimum atomic E-state index is -1.05. The molecule has 1 N–H and O–H groups in total. The molecule has 1 saturated heterocycles. The Balaban J connectivity index is 2.03. The summed E-state index contributed by atoms with van der Waals surface area (Å²) in [5.41, 5.74) is -0.0747. The van der Waals surface area contributed by atoms with Crippen LogP contribution < -0.4 is 0 Å². The molecule has 1 fully saturated rings. The van der Waals surface area contributed by atoms with Gasteiger partial charge in [-0.15, -0.1) is 0 Å². The fourth-order valence-electron chi connectivity index (χ4n) is 2.76. The number of aryl methyl sites for hydroxylation is 2. The van der Waals surface area contributed by atoms with Gasteiger partial charge in [0.15, 0.2) is 0 Å². The molecule has 1 aromatic heterocycles. The highest BCUT2D eigenvalue weighted by molar-refractivity contribution is 5.87. The van der Waals surface area contributed by atoms with Crippen LogP contribution >= 0.6 is 0 Å². The number of nitrogens with zero attached hydrogens (tertiary/aromatic N) is 3. The zero-order valence-electron chi connectivity index (χ0n) is 12.0. The molecule has 0 bridgehead atoms. The summed E-state index contributed by atoms with van der Waals surface area (Å²) in [4.78, 5) is 25.4. The number of piperidine rings is 1. The van der Waals surface area contributed by atoms with E-state index in [1.54, 1.807) is 17.8 Å². The first-order valence-corrected chi connectivity index (χ1v) is 6.96. The lowest BCUT2D eigenvalue weighted by Crippen LogP contribution is -2.57. The van der Waals surface area contributed by atoms with E-state index >= 15 is 0 Å². The number of hydrogen-bond donors (Lipinski definition) is 1. The molecule has 1 aliphatic rings. The number of aliphatic carboxylic acids is 1.